The van der Waals surface area contributed by atoms with Crippen LogP contribution in [-0.4, -0.2) is 0 Å². The summed E-state index contributed by atoms with van der Waals surface area (Å²) in [7, 11) is 0. The molecule has 0 aliphatic heterocycles. The molecule has 0 saturated heterocycles. The zero-order valence-electron chi connectivity index (χ0n) is 29.3. The van der Waals surface area contributed by atoms with E-state index in [0.29, 0.717) is 0 Å². The standard InChI is InChI=1S/C51H37N/c1-51(2)47-24-12-9-22-43(47)44-30-29-38(33-48(44)51)52(49-25-13-10-19-40(49)37-28-27-34-15-3-4-16-35(34)31-37)50-26-14-11-23-45(50)46-32-36-17-5-6-18-39(36)41-20-7-8-21-42(41)46/h3-33H,1-2H3. The molecule has 0 N–H and O–H groups in total. The van der Waals surface area contributed by atoms with Crippen LogP contribution in [0.2, 0.25) is 0 Å². The number of fused-ring (bicyclic) bond motifs is 7. The SMILES string of the molecule is CC1(C)c2ccccc2-c2ccc(N(c3ccccc3-c3ccc4ccccc4c3)c3ccccc3-c3cc4ccccc4c4ccccc34)cc21. The average molecular weight is 664 g/mol. The molecule has 0 aromatic heterocycles. The Labute approximate surface area is 305 Å². The number of para-hydroxylation sites is 2. The van der Waals surface area contributed by atoms with Gasteiger partial charge in [0.25, 0.3) is 0 Å². The molecule has 1 aliphatic rings. The Balaban J connectivity index is 1.26. The maximum absolute atomic E-state index is 2.50. The minimum absolute atomic E-state index is 0.125. The lowest BCUT2D eigenvalue weighted by Crippen LogP contribution is -2.17. The van der Waals surface area contributed by atoms with Crippen molar-refractivity contribution in [3.63, 3.8) is 0 Å². The van der Waals surface area contributed by atoms with Gasteiger partial charge in [0.1, 0.15) is 0 Å². The lowest BCUT2D eigenvalue weighted by Gasteiger charge is -2.31. The molecule has 0 atom stereocenters. The molecule has 1 nitrogen and oxygen atoms in total. The summed E-state index contributed by atoms with van der Waals surface area (Å²) in [5.41, 5.74) is 13.5. The number of hydrogen-bond donors (Lipinski definition) is 0. The van der Waals surface area contributed by atoms with E-state index >= 15 is 0 Å². The Bertz CT molecular complexity index is 2840. The van der Waals surface area contributed by atoms with Gasteiger partial charge in [-0.05, 0) is 102 Å². The number of hydrogen-bond acceptors (Lipinski definition) is 1. The van der Waals surface area contributed by atoms with Crippen molar-refractivity contribution in [3.8, 4) is 33.4 Å². The second-order valence-corrected chi connectivity index (χ2v) is 14.5. The van der Waals surface area contributed by atoms with E-state index < -0.39 is 0 Å². The van der Waals surface area contributed by atoms with Gasteiger partial charge in [0, 0.05) is 22.2 Å². The molecule has 0 spiro atoms. The highest BCUT2D eigenvalue weighted by Gasteiger charge is 2.36. The molecule has 0 amide bonds. The van der Waals surface area contributed by atoms with Crippen molar-refractivity contribution >= 4 is 49.4 Å². The van der Waals surface area contributed by atoms with Gasteiger partial charge in [-0.2, -0.15) is 0 Å². The van der Waals surface area contributed by atoms with Crippen molar-refractivity contribution < 1.29 is 0 Å². The van der Waals surface area contributed by atoms with Crippen LogP contribution in [0, 0.1) is 0 Å². The van der Waals surface area contributed by atoms with E-state index in [-0.39, 0.29) is 5.41 Å². The summed E-state index contributed by atoms with van der Waals surface area (Å²) in [5.74, 6) is 0. The van der Waals surface area contributed by atoms with Crippen molar-refractivity contribution in [1.29, 1.82) is 0 Å². The first kappa shape index (κ1) is 30.4. The minimum atomic E-state index is -0.125. The number of anilines is 3. The maximum Gasteiger partial charge on any atom is 0.0540 e. The van der Waals surface area contributed by atoms with Gasteiger partial charge >= 0.3 is 0 Å². The molecule has 0 heterocycles. The fourth-order valence-corrected chi connectivity index (χ4v) is 8.68. The van der Waals surface area contributed by atoms with Crippen molar-refractivity contribution in [2.45, 2.75) is 19.3 Å². The van der Waals surface area contributed by atoms with Gasteiger partial charge in [0.05, 0.1) is 11.4 Å². The van der Waals surface area contributed by atoms with Crippen LogP contribution in [0.3, 0.4) is 0 Å². The van der Waals surface area contributed by atoms with Gasteiger partial charge in [-0.25, -0.2) is 0 Å². The van der Waals surface area contributed by atoms with E-state index in [1.165, 1.54) is 76.8 Å². The monoisotopic (exact) mass is 663 g/mol. The highest BCUT2D eigenvalue weighted by Crippen LogP contribution is 2.52. The molecule has 9 aromatic rings. The second-order valence-electron chi connectivity index (χ2n) is 14.5. The molecule has 0 bridgehead atoms. The zero-order chi connectivity index (χ0) is 34.8. The second kappa shape index (κ2) is 11.8. The Kier molecular flexibility index (Phi) is 6.91. The van der Waals surface area contributed by atoms with E-state index in [0.717, 1.165) is 17.1 Å². The van der Waals surface area contributed by atoms with E-state index in [1.54, 1.807) is 0 Å². The fraction of sp³-hybridized carbons (Fsp3) is 0.0588. The first-order valence-corrected chi connectivity index (χ1v) is 18.2. The third-order valence-corrected chi connectivity index (χ3v) is 11.2. The highest BCUT2D eigenvalue weighted by atomic mass is 15.1. The molecule has 1 aliphatic carbocycles. The quantitative estimate of drug-likeness (QED) is 0.166. The summed E-state index contributed by atoms with van der Waals surface area (Å²) < 4.78 is 0. The van der Waals surface area contributed by atoms with Gasteiger partial charge < -0.3 is 4.90 Å². The molecule has 246 valence electrons. The molecule has 0 fully saturated rings. The molecular weight excluding hydrogens is 627 g/mol. The van der Waals surface area contributed by atoms with Crippen LogP contribution in [0.4, 0.5) is 17.1 Å². The Hall–Kier alpha value is -6.44. The molecule has 0 saturated carbocycles. The van der Waals surface area contributed by atoms with Gasteiger partial charge in [-0.15, -0.1) is 0 Å². The predicted octanol–water partition coefficient (Wildman–Crippen LogP) is 14.3. The van der Waals surface area contributed by atoms with Crippen LogP contribution in [0.15, 0.2) is 188 Å². The largest absolute Gasteiger partial charge is 0.309 e. The normalized spacial score (nSPS) is 13.0. The molecular formula is C51H37N. The van der Waals surface area contributed by atoms with Gasteiger partial charge in [0.15, 0.2) is 0 Å². The fourth-order valence-electron chi connectivity index (χ4n) is 8.68. The van der Waals surface area contributed by atoms with Crippen LogP contribution in [-0.2, 0) is 5.41 Å². The van der Waals surface area contributed by atoms with Crippen LogP contribution >= 0.6 is 0 Å². The van der Waals surface area contributed by atoms with E-state index in [9.17, 15) is 0 Å². The first-order chi connectivity index (χ1) is 25.6. The van der Waals surface area contributed by atoms with E-state index in [2.05, 4.69) is 207 Å². The Morgan fingerprint density at radius 2 is 0.923 bits per heavy atom. The third kappa shape index (κ3) is 4.70. The summed E-state index contributed by atoms with van der Waals surface area (Å²) in [4.78, 5) is 2.50. The van der Waals surface area contributed by atoms with Gasteiger partial charge in [-0.1, -0.05) is 166 Å². The van der Waals surface area contributed by atoms with Crippen molar-refractivity contribution in [2.24, 2.45) is 0 Å². The molecule has 10 rings (SSSR count). The Morgan fingerprint density at radius 1 is 0.346 bits per heavy atom. The number of rotatable bonds is 5. The van der Waals surface area contributed by atoms with Gasteiger partial charge in [0.2, 0.25) is 0 Å². The van der Waals surface area contributed by atoms with Crippen LogP contribution in [0.25, 0.3) is 65.7 Å². The van der Waals surface area contributed by atoms with Crippen LogP contribution in [0.1, 0.15) is 25.0 Å². The molecule has 1 heteroatoms. The summed E-state index contributed by atoms with van der Waals surface area (Å²) in [6.45, 7) is 4.73. The van der Waals surface area contributed by atoms with E-state index in [4.69, 9.17) is 0 Å². The lowest BCUT2D eigenvalue weighted by atomic mass is 9.82. The predicted molar refractivity (Wildman–Crippen MR) is 222 cm³/mol. The van der Waals surface area contributed by atoms with Crippen LogP contribution < -0.4 is 4.90 Å². The number of nitrogens with zero attached hydrogens (tertiary/aromatic N) is 1. The maximum atomic E-state index is 2.50. The van der Waals surface area contributed by atoms with Gasteiger partial charge in [-0.3, -0.25) is 0 Å². The molecule has 0 radical (unpaired) electrons. The lowest BCUT2D eigenvalue weighted by molar-refractivity contribution is 0.660. The summed E-state index contributed by atoms with van der Waals surface area (Å²) in [5, 5.41) is 7.52. The topological polar surface area (TPSA) is 3.24 Å². The van der Waals surface area contributed by atoms with E-state index in [1.807, 2.05) is 0 Å². The molecule has 9 aromatic carbocycles. The molecule has 52 heavy (non-hydrogen) atoms. The average Bonchev–Trinajstić information content (AvgIpc) is 3.43. The zero-order valence-corrected chi connectivity index (χ0v) is 29.3. The smallest absolute Gasteiger partial charge is 0.0540 e. The highest BCUT2D eigenvalue weighted by molar-refractivity contribution is 6.15. The summed E-state index contributed by atoms with van der Waals surface area (Å²) in [6, 6.07) is 69.3. The van der Waals surface area contributed by atoms with Crippen molar-refractivity contribution in [2.75, 3.05) is 4.90 Å². The molecule has 0 unspecified atom stereocenters. The summed E-state index contributed by atoms with van der Waals surface area (Å²) >= 11 is 0. The third-order valence-electron chi connectivity index (χ3n) is 11.2. The summed E-state index contributed by atoms with van der Waals surface area (Å²) in [6.07, 6.45) is 0. The first-order valence-electron chi connectivity index (χ1n) is 18.2. The minimum Gasteiger partial charge on any atom is -0.309 e. The Morgan fingerprint density at radius 3 is 1.73 bits per heavy atom. The van der Waals surface area contributed by atoms with Crippen LogP contribution in [0.5, 0.6) is 0 Å². The van der Waals surface area contributed by atoms with Crippen molar-refractivity contribution in [1.82, 2.24) is 0 Å². The number of benzene rings is 9. The van der Waals surface area contributed by atoms with Crippen molar-refractivity contribution in [3.05, 3.63) is 199 Å².